The summed E-state index contributed by atoms with van der Waals surface area (Å²) >= 11 is 0. The number of hydrogen-bond donors (Lipinski definition) is 1. The first-order valence-corrected chi connectivity index (χ1v) is 6.93. The molecule has 1 aliphatic heterocycles. The second kappa shape index (κ2) is 5.19. The number of likely N-dealkylation sites (N-methyl/N-ethyl adjacent to an activating group) is 1. The van der Waals surface area contributed by atoms with E-state index in [0.29, 0.717) is 24.4 Å². The van der Waals surface area contributed by atoms with Crippen molar-refractivity contribution < 1.29 is 14.0 Å². The van der Waals surface area contributed by atoms with Gasteiger partial charge in [0.2, 0.25) is 11.7 Å². The average Bonchev–Trinajstić information content (AvgIpc) is 2.88. The van der Waals surface area contributed by atoms with Gasteiger partial charge in [0.15, 0.2) is 0 Å². The van der Waals surface area contributed by atoms with Crippen LogP contribution in [0.25, 0.3) is 0 Å². The number of hydrogen-bond acceptors (Lipinski definition) is 6. The predicted octanol–water partition coefficient (Wildman–Crippen LogP) is 1.19. The van der Waals surface area contributed by atoms with Crippen molar-refractivity contribution in [3.63, 3.8) is 0 Å². The fraction of sp³-hybridized carbons (Fsp3) is 0.846. The van der Waals surface area contributed by atoms with Crippen LogP contribution in [0.5, 0.6) is 0 Å². The van der Waals surface area contributed by atoms with Crippen molar-refractivity contribution in [3.05, 3.63) is 11.7 Å². The zero-order valence-corrected chi connectivity index (χ0v) is 11.5. The summed E-state index contributed by atoms with van der Waals surface area (Å²) in [4.78, 5) is 4.57. The number of methoxy groups -OCH3 is 1. The lowest BCUT2D eigenvalue weighted by molar-refractivity contribution is -0.0858. The highest BCUT2D eigenvalue weighted by Gasteiger charge is 2.44. The normalized spacial score (nSPS) is 30.0. The molecule has 1 aliphatic carbocycles. The summed E-state index contributed by atoms with van der Waals surface area (Å²) in [7, 11) is 3.68. The zero-order valence-electron chi connectivity index (χ0n) is 11.5. The minimum absolute atomic E-state index is 0.133. The minimum Gasteiger partial charge on any atom is -0.381 e. The first-order chi connectivity index (χ1) is 9.29. The highest BCUT2D eigenvalue weighted by molar-refractivity contribution is 5.09. The van der Waals surface area contributed by atoms with Crippen molar-refractivity contribution in [3.8, 4) is 0 Å². The van der Waals surface area contributed by atoms with E-state index in [0.717, 1.165) is 32.3 Å². The van der Waals surface area contributed by atoms with Gasteiger partial charge in [-0.1, -0.05) is 5.16 Å². The van der Waals surface area contributed by atoms with Gasteiger partial charge in [-0.3, -0.25) is 0 Å². The first-order valence-electron chi connectivity index (χ1n) is 6.93. The third kappa shape index (κ3) is 2.17. The molecular formula is C13H21N3O3. The molecule has 0 aromatic carbocycles. The Labute approximate surface area is 112 Å². The molecule has 106 valence electrons. The minimum atomic E-state index is -0.313. The largest absolute Gasteiger partial charge is 0.381 e. The Hall–Kier alpha value is -0.980. The van der Waals surface area contributed by atoms with Crippen molar-refractivity contribution in [2.24, 2.45) is 0 Å². The van der Waals surface area contributed by atoms with Gasteiger partial charge >= 0.3 is 0 Å². The molecule has 2 aliphatic rings. The fourth-order valence-electron chi connectivity index (χ4n) is 2.91. The molecule has 0 spiro atoms. The summed E-state index contributed by atoms with van der Waals surface area (Å²) in [5.41, 5.74) is -0.313. The molecule has 19 heavy (non-hydrogen) atoms. The van der Waals surface area contributed by atoms with Gasteiger partial charge < -0.3 is 19.3 Å². The third-order valence-corrected chi connectivity index (χ3v) is 4.45. The van der Waals surface area contributed by atoms with E-state index in [1.807, 2.05) is 7.05 Å². The smallest absolute Gasteiger partial charge is 0.233 e. The summed E-state index contributed by atoms with van der Waals surface area (Å²) in [6.07, 6.45) is 4.07. The van der Waals surface area contributed by atoms with Crippen LogP contribution in [0, 0.1) is 0 Å². The van der Waals surface area contributed by atoms with Crippen LogP contribution >= 0.6 is 0 Å². The maximum Gasteiger partial charge on any atom is 0.233 e. The fourth-order valence-corrected chi connectivity index (χ4v) is 2.91. The molecule has 1 saturated heterocycles. The molecule has 0 amide bonds. The molecule has 1 aromatic rings. The van der Waals surface area contributed by atoms with E-state index in [1.165, 1.54) is 0 Å². The second-order valence-corrected chi connectivity index (χ2v) is 5.37. The van der Waals surface area contributed by atoms with Crippen LogP contribution in [-0.4, -0.2) is 43.6 Å². The van der Waals surface area contributed by atoms with Gasteiger partial charge in [0, 0.05) is 19.8 Å². The quantitative estimate of drug-likeness (QED) is 0.883. The summed E-state index contributed by atoms with van der Waals surface area (Å²) in [5, 5.41) is 7.43. The molecule has 6 heteroatoms. The van der Waals surface area contributed by atoms with Crippen LogP contribution in [0.1, 0.15) is 43.3 Å². The summed E-state index contributed by atoms with van der Waals surface area (Å²) < 4.78 is 16.6. The molecule has 2 fully saturated rings. The Kier molecular flexibility index (Phi) is 3.56. The van der Waals surface area contributed by atoms with Crippen LogP contribution in [-0.2, 0) is 15.1 Å². The maximum atomic E-state index is 5.58. The van der Waals surface area contributed by atoms with Gasteiger partial charge in [-0.15, -0.1) is 0 Å². The van der Waals surface area contributed by atoms with Crippen molar-refractivity contribution in [2.45, 2.75) is 43.2 Å². The molecular weight excluding hydrogens is 246 g/mol. The molecule has 1 saturated carbocycles. The molecule has 1 N–H and O–H groups in total. The number of nitrogens with one attached hydrogen (secondary N) is 1. The van der Waals surface area contributed by atoms with Crippen molar-refractivity contribution in [1.82, 2.24) is 15.5 Å². The first kappa shape index (κ1) is 13.0. The van der Waals surface area contributed by atoms with Crippen LogP contribution in [0.4, 0.5) is 0 Å². The van der Waals surface area contributed by atoms with E-state index in [1.54, 1.807) is 7.11 Å². The predicted molar refractivity (Wildman–Crippen MR) is 67.9 cm³/mol. The van der Waals surface area contributed by atoms with Crippen molar-refractivity contribution in [1.29, 1.82) is 0 Å². The van der Waals surface area contributed by atoms with E-state index in [-0.39, 0.29) is 11.5 Å². The topological polar surface area (TPSA) is 69.4 Å². The molecule has 2 unspecified atom stereocenters. The lowest BCUT2D eigenvalue weighted by atomic mass is 9.79. The van der Waals surface area contributed by atoms with Gasteiger partial charge in [0.25, 0.3) is 0 Å². The maximum absolute atomic E-state index is 5.58. The highest BCUT2D eigenvalue weighted by atomic mass is 16.5. The second-order valence-electron chi connectivity index (χ2n) is 5.37. The summed E-state index contributed by atoms with van der Waals surface area (Å²) in [5.74, 6) is 1.49. The van der Waals surface area contributed by atoms with E-state index >= 15 is 0 Å². The van der Waals surface area contributed by atoms with Gasteiger partial charge in [0.05, 0.1) is 12.5 Å². The van der Waals surface area contributed by atoms with Crippen molar-refractivity contribution in [2.75, 3.05) is 27.4 Å². The summed E-state index contributed by atoms with van der Waals surface area (Å²) in [6.45, 7) is 1.41. The molecule has 2 heterocycles. The van der Waals surface area contributed by atoms with Gasteiger partial charge in [-0.2, -0.15) is 4.98 Å². The van der Waals surface area contributed by atoms with Gasteiger partial charge in [0.1, 0.15) is 5.60 Å². The highest BCUT2D eigenvalue weighted by Crippen LogP contribution is 2.43. The Bertz CT molecular complexity index is 425. The van der Waals surface area contributed by atoms with Crippen LogP contribution in [0.3, 0.4) is 0 Å². The molecule has 1 aromatic heterocycles. The average molecular weight is 267 g/mol. The molecule has 0 radical (unpaired) electrons. The number of rotatable bonds is 4. The summed E-state index contributed by atoms with van der Waals surface area (Å²) in [6, 6.07) is 0.335. The monoisotopic (exact) mass is 267 g/mol. The van der Waals surface area contributed by atoms with Crippen LogP contribution in [0.15, 0.2) is 4.52 Å². The van der Waals surface area contributed by atoms with E-state index < -0.39 is 0 Å². The number of nitrogens with zero attached hydrogens (tertiary/aromatic N) is 2. The van der Waals surface area contributed by atoms with E-state index in [9.17, 15) is 0 Å². The SMILES string of the molecule is CNC1CCOCC1c1nc(C2(OC)CCC2)no1. The van der Waals surface area contributed by atoms with Crippen molar-refractivity contribution >= 4 is 0 Å². The third-order valence-electron chi connectivity index (χ3n) is 4.45. The Morgan fingerprint density at radius 1 is 1.42 bits per heavy atom. The standard InChI is InChI=1S/C13H21N3O3/c1-14-10-4-7-18-8-9(10)11-15-12(16-19-11)13(17-2)5-3-6-13/h9-10,14H,3-8H2,1-2H3. The Balaban J connectivity index is 1.80. The number of aromatic nitrogens is 2. The molecule has 2 atom stereocenters. The van der Waals surface area contributed by atoms with E-state index in [2.05, 4.69) is 15.5 Å². The van der Waals surface area contributed by atoms with Crippen LogP contribution in [0.2, 0.25) is 0 Å². The number of ether oxygens (including phenoxy) is 2. The Morgan fingerprint density at radius 3 is 2.89 bits per heavy atom. The van der Waals surface area contributed by atoms with Crippen LogP contribution < -0.4 is 5.32 Å². The lowest BCUT2D eigenvalue weighted by Gasteiger charge is -2.37. The lowest BCUT2D eigenvalue weighted by Crippen LogP contribution is -2.40. The van der Waals surface area contributed by atoms with E-state index in [4.69, 9.17) is 14.0 Å². The molecule has 0 bridgehead atoms. The zero-order chi connectivity index (χ0) is 13.3. The molecule has 3 rings (SSSR count). The van der Waals surface area contributed by atoms with Gasteiger partial charge in [-0.25, -0.2) is 0 Å². The Morgan fingerprint density at radius 2 is 2.26 bits per heavy atom. The van der Waals surface area contributed by atoms with Gasteiger partial charge in [-0.05, 0) is 32.7 Å². The molecule has 6 nitrogen and oxygen atoms in total.